The van der Waals surface area contributed by atoms with E-state index in [9.17, 15) is 0 Å². The minimum atomic E-state index is -0.535. The van der Waals surface area contributed by atoms with E-state index in [1.807, 2.05) is 42.5 Å². The molecule has 4 rings (SSSR count). The fourth-order valence-corrected chi connectivity index (χ4v) is 3.53. The minimum Gasteiger partial charge on any atom is -0.497 e. The Kier molecular flexibility index (Phi) is 5.53. The molecule has 3 aromatic rings. The van der Waals surface area contributed by atoms with Crippen LogP contribution in [0.15, 0.2) is 60.3 Å². The number of thioether (sulfide) groups is 1. The van der Waals surface area contributed by atoms with Crippen LogP contribution in [0.25, 0.3) is 11.3 Å². The lowest BCUT2D eigenvalue weighted by Crippen LogP contribution is -2.18. The Morgan fingerprint density at radius 3 is 2.83 bits per heavy atom. The number of fused-ring (bicyclic) bond motifs is 3. The highest BCUT2D eigenvalue weighted by atomic mass is 32.2. The molecule has 0 amide bonds. The van der Waals surface area contributed by atoms with Gasteiger partial charge in [0.15, 0.2) is 5.69 Å². The maximum atomic E-state index is 6.28. The van der Waals surface area contributed by atoms with Crippen molar-refractivity contribution in [3.63, 3.8) is 0 Å². The van der Waals surface area contributed by atoms with E-state index in [1.54, 1.807) is 20.3 Å². The van der Waals surface area contributed by atoms with E-state index in [4.69, 9.17) is 14.2 Å². The van der Waals surface area contributed by atoms with Crippen molar-refractivity contribution in [2.75, 3.05) is 25.3 Å². The lowest BCUT2D eigenvalue weighted by Gasteiger charge is -2.21. The SMILES string of the molecule is C=CCSc1nnc2c(n1)O[C@H](c1ccc(OC)cc1OC)Nc1ccccc1-2. The average molecular weight is 408 g/mol. The van der Waals surface area contributed by atoms with Gasteiger partial charge in [-0.1, -0.05) is 36.0 Å². The molecule has 148 valence electrons. The average Bonchev–Trinajstić information content (AvgIpc) is 2.93. The third-order valence-electron chi connectivity index (χ3n) is 4.39. The number of aromatic nitrogens is 3. The molecule has 0 bridgehead atoms. The van der Waals surface area contributed by atoms with E-state index in [0.717, 1.165) is 16.8 Å². The van der Waals surface area contributed by atoms with E-state index < -0.39 is 6.23 Å². The Bertz CT molecular complexity index is 1040. The Hall–Kier alpha value is -3.26. The Labute approximate surface area is 173 Å². The summed E-state index contributed by atoms with van der Waals surface area (Å²) in [4.78, 5) is 4.59. The largest absolute Gasteiger partial charge is 0.497 e. The Morgan fingerprint density at radius 2 is 2.03 bits per heavy atom. The molecule has 2 heterocycles. The van der Waals surface area contributed by atoms with Crippen molar-refractivity contribution in [3.05, 3.63) is 60.7 Å². The van der Waals surface area contributed by atoms with Gasteiger partial charge in [0.2, 0.25) is 17.3 Å². The molecule has 8 heteroatoms. The monoisotopic (exact) mass is 408 g/mol. The summed E-state index contributed by atoms with van der Waals surface area (Å²) < 4.78 is 17.2. The molecule has 0 fully saturated rings. The van der Waals surface area contributed by atoms with Crippen molar-refractivity contribution in [3.8, 4) is 28.6 Å². The number of nitrogens with one attached hydrogen (secondary N) is 1. The van der Waals surface area contributed by atoms with Gasteiger partial charge in [0.05, 0.1) is 19.8 Å². The van der Waals surface area contributed by atoms with Crippen molar-refractivity contribution >= 4 is 17.4 Å². The summed E-state index contributed by atoms with van der Waals surface area (Å²) in [7, 11) is 3.23. The van der Waals surface area contributed by atoms with Crippen LogP contribution < -0.4 is 19.5 Å². The molecule has 0 radical (unpaired) electrons. The van der Waals surface area contributed by atoms with Crippen LogP contribution >= 0.6 is 11.8 Å². The summed E-state index contributed by atoms with van der Waals surface area (Å²) in [5.74, 6) is 2.44. The zero-order valence-corrected chi connectivity index (χ0v) is 16.9. The summed E-state index contributed by atoms with van der Waals surface area (Å²) in [6, 6.07) is 13.4. The number of hydrogen-bond acceptors (Lipinski definition) is 8. The van der Waals surface area contributed by atoms with Crippen LogP contribution in [0.4, 0.5) is 5.69 Å². The van der Waals surface area contributed by atoms with Gasteiger partial charge in [0.1, 0.15) is 11.5 Å². The van der Waals surface area contributed by atoms with E-state index in [-0.39, 0.29) is 0 Å². The van der Waals surface area contributed by atoms with Gasteiger partial charge in [-0.15, -0.1) is 16.8 Å². The second kappa shape index (κ2) is 8.40. The first kappa shape index (κ1) is 19.1. The molecule has 1 atom stereocenters. The number of para-hydroxylation sites is 1. The summed E-state index contributed by atoms with van der Waals surface area (Å²) >= 11 is 1.45. The molecular formula is C21H20N4O3S. The number of benzene rings is 2. The predicted octanol–water partition coefficient (Wildman–Crippen LogP) is 4.34. The van der Waals surface area contributed by atoms with Gasteiger partial charge in [-0.25, -0.2) is 0 Å². The molecule has 0 saturated heterocycles. The summed E-state index contributed by atoms with van der Waals surface area (Å²) in [5.41, 5.74) is 3.15. The molecule has 1 aromatic heterocycles. The summed E-state index contributed by atoms with van der Waals surface area (Å²) in [5, 5.41) is 12.6. The van der Waals surface area contributed by atoms with Crippen molar-refractivity contribution in [1.29, 1.82) is 0 Å². The number of nitrogens with zero attached hydrogens (tertiary/aromatic N) is 3. The van der Waals surface area contributed by atoms with Crippen molar-refractivity contribution in [1.82, 2.24) is 15.2 Å². The highest BCUT2D eigenvalue weighted by Gasteiger charge is 2.28. The van der Waals surface area contributed by atoms with Gasteiger partial charge in [-0.05, 0) is 18.2 Å². The Morgan fingerprint density at radius 1 is 1.17 bits per heavy atom. The molecule has 0 unspecified atom stereocenters. The van der Waals surface area contributed by atoms with Gasteiger partial charge in [-0.2, -0.15) is 4.98 Å². The minimum absolute atomic E-state index is 0.409. The fraction of sp³-hybridized carbons (Fsp3) is 0.190. The zero-order valence-electron chi connectivity index (χ0n) is 16.1. The van der Waals surface area contributed by atoms with Crippen LogP contribution in [-0.2, 0) is 0 Å². The van der Waals surface area contributed by atoms with Crippen LogP contribution in [0, 0.1) is 0 Å². The number of methoxy groups -OCH3 is 2. The van der Waals surface area contributed by atoms with E-state index >= 15 is 0 Å². The standard InChI is InChI=1S/C21H20N4O3S/c1-4-11-29-21-23-20-18(24-25-21)14-7-5-6-8-16(14)22-19(28-20)15-10-9-13(26-2)12-17(15)27-3/h4-10,12,19,22H,1,11H2,2-3H3/t19-/m1/s1. The topological polar surface area (TPSA) is 78.4 Å². The number of hydrogen-bond donors (Lipinski definition) is 1. The summed E-state index contributed by atoms with van der Waals surface area (Å²) in [6.45, 7) is 3.73. The molecule has 29 heavy (non-hydrogen) atoms. The lowest BCUT2D eigenvalue weighted by molar-refractivity contribution is 0.219. The van der Waals surface area contributed by atoms with Crippen LogP contribution in [0.5, 0.6) is 17.4 Å². The zero-order chi connectivity index (χ0) is 20.2. The number of ether oxygens (including phenoxy) is 3. The van der Waals surface area contributed by atoms with Gasteiger partial charge >= 0.3 is 0 Å². The molecule has 1 N–H and O–H groups in total. The number of anilines is 1. The third kappa shape index (κ3) is 3.84. The highest BCUT2D eigenvalue weighted by Crippen LogP contribution is 2.41. The first-order valence-corrected chi connectivity index (χ1v) is 9.95. The predicted molar refractivity (Wildman–Crippen MR) is 113 cm³/mol. The van der Waals surface area contributed by atoms with Crippen LogP contribution in [0.2, 0.25) is 0 Å². The first-order chi connectivity index (χ1) is 14.2. The molecule has 1 aliphatic heterocycles. The third-order valence-corrected chi connectivity index (χ3v) is 5.22. The summed E-state index contributed by atoms with van der Waals surface area (Å²) in [6.07, 6.45) is 1.26. The van der Waals surface area contributed by atoms with E-state index in [2.05, 4.69) is 27.1 Å². The maximum Gasteiger partial charge on any atom is 0.247 e. The Balaban J connectivity index is 1.81. The molecular weight excluding hydrogens is 388 g/mol. The molecule has 0 saturated carbocycles. The maximum absolute atomic E-state index is 6.28. The molecule has 1 aliphatic rings. The molecule has 7 nitrogen and oxygen atoms in total. The second-order valence-corrected chi connectivity index (χ2v) is 7.13. The van der Waals surface area contributed by atoms with Crippen molar-refractivity contribution in [2.24, 2.45) is 0 Å². The van der Waals surface area contributed by atoms with Gasteiger partial charge < -0.3 is 19.5 Å². The highest BCUT2D eigenvalue weighted by molar-refractivity contribution is 7.99. The second-order valence-electron chi connectivity index (χ2n) is 6.14. The quantitative estimate of drug-likeness (QED) is 0.477. The van der Waals surface area contributed by atoms with Gasteiger partial charge in [-0.3, -0.25) is 0 Å². The van der Waals surface area contributed by atoms with Crippen LogP contribution in [0.1, 0.15) is 11.8 Å². The molecule has 0 spiro atoms. The van der Waals surface area contributed by atoms with E-state index in [1.165, 1.54) is 11.8 Å². The number of rotatable bonds is 6. The lowest BCUT2D eigenvalue weighted by atomic mass is 10.1. The van der Waals surface area contributed by atoms with Crippen molar-refractivity contribution in [2.45, 2.75) is 11.4 Å². The van der Waals surface area contributed by atoms with Gasteiger partial charge in [0, 0.05) is 23.1 Å². The smallest absolute Gasteiger partial charge is 0.247 e. The molecule has 2 aromatic carbocycles. The molecule has 0 aliphatic carbocycles. The van der Waals surface area contributed by atoms with Crippen LogP contribution in [-0.4, -0.2) is 35.2 Å². The normalized spacial score (nSPS) is 14.5. The van der Waals surface area contributed by atoms with Gasteiger partial charge in [0.25, 0.3) is 0 Å². The first-order valence-electron chi connectivity index (χ1n) is 8.96. The van der Waals surface area contributed by atoms with Crippen molar-refractivity contribution < 1.29 is 14.2 Å². The van der Waals surface area contributed by atoms with Crippen LogP contribution in [0.3, 0.4) is 0 Å². The fourth-order valence-electron chi connectivity index (χ4n) is 3.02. The van der Waals surface area contributed by atoms with E-state index in [0.29, 0.717) is 34.0 Å².